The van der Waals surface area contributed by atoms with Crippen LogP contribution in [-0.4, -0.2) is 26.8 Å². The maximum absolute atomic E-state index is 12.0. The normalized spacial score (nSPS) is 10.3. The molecule has 106 valence electrons. The van der Waals surface area contributed by atoms with E-state index in [2.05, 4.69) is 0 Å². The Morgan fingerprint density at radius 3 is 2.45 bits per heavy atom. The number of methoxy groups -OCH3 is 2. The number of esters is 1. The zero-order valence-electron chi connectivity index (χ0n) is 11.5. The molecule has 0 radical (unpaired) electrons. The predicted octanol–water partition coefficient (Wildman–Crippen LogP) is 1.67. The molecular weight excluding hydrogens is 262 g/mol. The van der Waals surface area contributed by atoms with Crippen molar-refractivity contribution in [2.75, 3.05) is 20.8 Å². The lowest BCUT2D eigenvalue weighted by Crippen LogP contribution is -2.28. The van der Waals surface area contributed by atoms with E-state index >= 15 is 0 Å². The summed E-state index contributed by atoms with van der Waals surface area (Å²) in [6.07, 6.45) is 1.19. The molecule has 0 spiro atoms. The molecular formula is C14H15NO5. The molecule has 2 aromatic rings. The zero-order chi connectivity index (χ0) is 14.7. The van der Waals surface area contributed by atoms with Crippen molar-refractivity contribution >= 4 is 16.9 Å². The van der Waals surface area contributed by atoms with E-state index in [-0.39, 0.29) is 12.2 Å². The third-order valence-electron chi connectivity index (χ3n) is 2.85. The van der Waals surface area contributed by atoms with Gasteiger partial charge in [0.2, 0.25) is 5.52 Å². The zero-order valence-corrected chi connectivity index (χ0v) is 11.5. The van der Waals surface area contributed by atoms with E-state index in [1.807, 2.05) is 0 Å². The van der Waals surface area contributed by atoms with Gasteiger partial charge in [0.15, 0.2) is 17.7 Å². The predicted molar refractivity (Wildman–Crippen MR) is 72.0 cm³/mol. The van der Waals surface area contributed by atoms with Crippen LogP contribution in [0.3, 0.4) is 0 Å². The SMILES string of the molecule is CCOC(=O)c1cc2cc(OC)c(OC)cc2[n+]([O-])c1. The fourth-order valence-corrected chi connectivity index (χ4v) is 1.92. The van der Waals surface area contributed by atoms with Crippen LogP contribution >= 0.6 is 0 Å². The Balaban J connectivity index is 2.61. The van der Waals surface area contributed by atoms with Gasteiger partial charge in [-0.05, 0) is 19.1 Å². The number of rotatable bonds is 4. The minimum absolute atomic E-state index is 0.196. The van der Waals surface area contributed by atoms with Gasteiger partial charge in [0, 0.05) is 0 Å². The Bertz CT molecular complexity index is 654. The second-order valence-electron chi connectivity index (χ2n) is 4.04. The molecule has 1 aromatic carbocycles. The number of hydrogen-bond donors (Lipinski definition) is 0. The van der Waals surface area contributed by atoms with Gasteiger partial charge in [0.25, 0.3) is 0 Å². The van der Waals surface area contributed by atoms with Gasteiger partial charge in [0.1, 0.15) is 5.56 Å². The molecule has 1 aromatic heterocycles. The van der Waals surface area contributed by atoms with E-state index in [0.29, 0.717) is 27.1 Å². The van der Waals surface area contributed by atoms with Crippen LogP contribution in [0.15, 0.2) is 24.4 Å². The summed E-state index contributed by atoms with van der Waals surface area (Å²) in [5.41, 5.74) is 0.581. The van der Waals surface area contributed by atoms with Crippen LogP contribution in [0, 0.1) is 5.21 Å². The summed E-state index contributed by atoms with van der Waals surface area (Å²) in [5.74, 6) is 0.406. The van der Waals surface area contributed by atoms with Crippen LogP contribution in [0.2, 0.25) is 0 Å². The molecule has 0 bridgehead atoms. The summed E-state index contributed by atoms with van der Waals surface area (Å²) in [6.45, 7) is 1.96. The van der Waals surface area contributed by atoms with Gasteiger partial charge in [-0.3, -0.25) is 0 Å². The van der Waals surface area contributed by atoms with Gasteiger partial charge in [-0.15, -0.1) is 0 Å². The molecule has 0 fully saturated rings. The maximum Gasteiger partial charge on any atom is 0.344 e. The van der Waals surface area contributed by atoms with Crippen molar-refractivity contribution in [2.45, 2.75) is 6.92 Å². The van der Waals surface area contributed by atoms with Gasteiger partial charge in [-0.25, -0.2) is 4.79 Å². The molecule has 0 saturated heterocycles. The molecule has 0 N–H and O–H groups in total. The van der Waals surface area contributed by atoms with E-state index in [1.165, 1.54) is 20.4 Å². The first-order valence-corrected chi connectivity index (χ1v) is 6.06. The second-order valence-corrected chi connectivity index (χ2v) is 4.04. The van der Waals surface area contributed by atoms with Crippen LogP contribution in [0.4, 0.5) is 0 Å². The minimum atomic E-state index is -0.534. The van der Waals surface area contributed by atoms with Crippen molar-refractivity contribution < 1.29 is 23.7 Å². The standard InChI is InChI=1S/C14H15NO5/c1-4-20-14(16)10-5-9-6-12(18-2)13(19-3)7-11(9)15(17)8-10/h5-8H,4H2,1-3H3. The number of carbonyl (C=O) groups is 1. The highest BCUT2D eigenvalue weighted by atomic mass is 16.5. The third-order valence-corrected chi connectivity index (χ3v) is 2.85. The van der Waals surface area contributed by atoms with Crippen molar-refractivity contribution in [1.29, 1.82) is 0 Å². The van der Waals surface area contributed by atoms with E-state index < -0.39 is 5.97 Å². The Kier molecular flexibility index (Phi) is 3.93. The molecule has 0 atom stereocenters. The molecule has 0 unspecified atom stereocenters. The number of carbonyl (C=O) groups excluding carboxylic acids is 1. The first kappa shape index (κ1) is 13.9. The number of nitrogens with zero attached hydrogens (tertiary/aromatic N) is 1. The fraction of sp³-hybridized carbons (Fsp3) is 0.286. The molecule has 0 aliphatic carbocycles. The summed E-state index contributed by atoms with van der Waals surface area (Å²) in [5, 5.41) is 12.6. The smallest absolute Gasteiger partial charge is 0.344 e. The first-order chi connectivity index (χ1) is 9.60. The maximum atomic E-state index is 12.0. The van der Waals surface area contributed by atoms with Crippen LogP contribution in [0.1, 0.15) is 17.3 Å². The van der Waals surface area contributed by atoms with Gasteiger partial charge < -0.3 is 19.4 Å². The van der Waals surface area contributed by atoms with E-state index in [1.54, 1.807) is 25.1 Å². The van der Waals surface area contributed by atoms with Crippen LogP contribution in [0.5, 0.6) is 11.5 Å². The van der Waals surface area contributed by atoms with Crippen molar-refractivity contribution in [3.63, 3.8) is 0 Å². The summed E-state index contributed by atoms with van der Waals surface area (Å²) < 4.78 is 15.8. The van der Waals surface area contributed by atoms with Crippen molar-refractivity contribution in [1.82, 2.24) is 0 Å². The molecule has 1 heterocycles. The van der Waals surface area contributed by atoms with Crippen LogP contribution in [-0.2, 0) is 4.74 Å². The summed E-state index contributed by atoms with van der Waals surface area (Å²) in [4.78, 5) is 11.7. The molecule has 0 saturated carbocycles. The fourth-order valence-electron chi connectivity index (χ4n) is 1.92. The lowest BCUT2D eigenvalue weighted by molar-refractivity contribution is -0.577. The lowest BCUT2D eigenvalue weighted by Gasteiger charge is -2.10. The molecule has 6 heteroatoms. The Labute approximate surface area is 116 Å². The minimum Gasteiger partial charge on any atom is -0.618 e. The van der Waals surface area contributed by atoms with E-state index in [4.69, 9.17) is 14.2 Å². The number of benzene rings is 1. The van der Waals surface area contributed by atoms with E-state index in [9.17, 15) is 10.0 Å². The van der Waals surface area contributed by atoms with Gasteiger partial charge in [0.05, 0.1) is 32.3 Å². The number of pyridine rings is 1. The second kappa shape index (κ2) is 5.64. The third kappa shape index (κ3) is 2.45. The van der Waals surface area contributed by atoms with E-state index in [0.717, 1.165) is 0 Å². The number of fused-ring (bicyclic) bond motifs is 1. The molecule has 0 amide bonds. The average Bonchev–Trinajstić information content (AvgIpc) is 2.46. The monoisotopic (exact) mass is 277 g/mol. The van der Waals surface area contributed by atoms with Crippen molar-refractivity contribution in [3.05, 3.63) is 35.2 Å². The number of hydrogen-bond acceptors (Lipinski definition) is 5. The van der Waals surface area contributed by atoms with Crippen LogP contribution < -0.4 is 14.2 Å². The highest BCUT2D eigenvalue weighted by Crippen LogP contribution is 2.31. The molecule has 0 aliphatic heterocycles. The molecule has 20 heavy (non-hydrogen) atoms. The van der Waals surface area contributed by atoms with Crippen molar-refractivity contribution in [2.24, 2.45) is 0 Å². The van der Waals surface area contributed by atoms with Gasteiger partial charge in [-0.1, -0.05) is 0 Å². The van der Waals surface area contributed by atoms with Gasteiger partial charge >= 0.3 is 5.97 Å². The molecule has 0 aliphatic rings. The first-order valence-electron chi connectivity index (χ1n) is 6.06. The Morgan fingerprint density at radius 1 is 1.20 bits per heavy atom. The van der Waals surface area contributed by atoms with Crippen molar-refractivity contribution in [3.8, 4) is 11.5 Å². The molecule has 6 nitrogen and oxygen atoms in total. The number of ether oxygens (including phenoxy) is 3. The Hall–Kier alpha value is -2.50. The quantitative estimate of drug-likeness (QED) is 0.483. The number of aromatic nitrogens is 1. The topological polar surface area (TPSA) is 71.7 Å². The largest absolute Gasteiger partial charge is 0.618 e. The average molecular weight is 277 g/mol. The summed E-state index contributed by atoms with van der Waals surface area (Å²) >= 11 is 0. The summed E-state index contributed by atoms with van der Waals surface area (Å²) in [7, 11) is 3.00. The Morgan fingerprint density at radius 2 is 1.85 bits per heavy atom. The highest BCUT2D eigenvalue weighted by Gasteiger charge is 2.17. The van der Waals surface area contributed by atoms with Crippen LogP contribution in [0.25, 0.3) is 10.9 Å². The van der Waals surface area contributed by atoms with Gasteiger partial charge in [-0.2, -0.15) is 4.73 Å². The lowest BCUT2D eigenvalue weighted by atomic mass is 10.1. The highest BCUT2D eigenvalue weighted by molar-refractivity contribution is 5.93. The molecule has 2 rings (SSSR count). The summed E-state index contributed by atoms with van der Waals surface area (Å²) in [6, 6.07) is 4.80.